The molecule has 2 heterocycles. The van der Waals surface area contributed by atoms with E-state index in [1.807, 2.05) is 24.3 Å². The number of amidine groups is 1. The van der Waals surface area contributed by atoms with Crippen LogP contribution >= 0.6 is 11.8 Å². The van der Waals surface area contributed by atoms with Crippen LogP contribution in [0.15, 0.2) is 65.3 Å². The first-order valence-corrected chi connectivity index (χ1v) is 9.01. The van der Waals surface area contributed by atoms with Crippen molar-refractivity contribution in [3.05, 3.63) is 65.8 Å². The Morgan fingerprint density at radius 3 is 2.81 bits per heavy atom. The van der Waals surface area contributed by atoms with Crippen molar-refractivity contribution >= 4 is 34.6 Å². The topological polar surface area (TPSA) is 64.0 Å². The Hall–Kier alpha value is -3.06. The van der Waals surface area contributed by atoms with Crippen LogP contribution in [0.2, 0.25) is 0 Å². The second kappa shape index (κ2) is 8.55. The van der Waals surface area contributed by atoms with E-state index in [4.69, 9.17) is 9.47 Å². The minimum Gasteiger partial charge on any atom is -0.497 e. The molecule has 1 aliphatic heterocycles. The Labute approximate surface area is 162 Å². The van der Waals surface area contributed by atoms with Crippen molar-refractivity contribution in [3.8, 4) is 11.5 Å². The lowest BCUT2D eigenvalue weighted by atomic mass is 10.1. The molecule has 0 unspecified atom stereocenters. The van der Waals surface area contributed by atoms with Gasteiger partial charge in [0, 0.05) is 18.3 Å². The zero-order valence-electron chi connectivity index (χ0n) is 15.1. The van der Waals surface area contributed by atoms with Gasteiger partial charge in [-0.05, 0) is 48.2 Å². The van der Waals surface area contributed by atoms with Gasteiger partial charge in [-0.15, -0.1) is 6.58 Å². The summed E-state index contributed by atoms with van der Waals surface area (Å²) in [5.41, 5.74) is 1.44. The molecule has 3 rings (SSSR count). The first-order valence-electron chi connectivity index (χ1n) is 8.19. The second-order valence-electron chi connectivity index (χ2n) is 5.53. The maximum absolute atomic E-state index is 12.9. The number of aromatic nitrogens is 1. The van der Waals surface area contributed by atoms with Gasteiger partial charge in [0.2, 0.25) is 0 Å². The lowest BCUT2D eigenvalue weighted by Crippen LogP contribution is -2.29. The molecule has 27 heavy (non-hydrogen) atoms. The number of hydrogen-bond donors (Lipinski definition) is 0. The van der Waals surface area contributed by atoms with Gasteiger partial charge in [0.05, 0.1) is 31.0 Å². The number of carbonyl (C=O) groups is 1. The zero-order chi connectivity index (χ0) is 19.2. The molecule has 1 fully saturated rings. The van der Waals surface area contributed by atoms with Gasteiger partial charge in [0.15, 0.2) is 5.17 Å². The van der Waals surface area contributed by atoms with E-state index in [9.17, 15) is 4.79 Å². The summed E-state index contributed by atoms with van der Waals surface area (Å²) >= 11 is 1.30. The smallest absolute Gasteiger partial charge is 0.267 e. The van der Waals surface area contributed by atoms with E-state index in [-0.39, 0.29) is 5.91 Å². The van der Waals surface area contributed by atoms with Gasteiger partial charge in [0.25, 0.3) is 5.91 Å². The number of amides is 1. The molecule has 0 spiro atoms. The highest BCUT2D eigenvalue weighted by atomic mass is 32.2. The fourth-order valence-electron chi connectivity index (χ4n) is 2.51. The number of pyridine rings is 1. The largest absolute Gasteiger partial charge is 0.497 e. The van der Waals surface area contributed by atoms with Crippen LogP contribution in [-0.2, 0) is 4.79 Å². The third-order valence-electron chi connectivity index (χ3n) is 3.79. The number of carbonyl (C=O) groups excluding carboxylic acids is 1. The highest BCUT2D eigenvalue weighted by molar-refractivity contribution is 8.18. The monoisotopic (exact) mass is 381 g/mol. The molecule has 138 valence electrons. The highest BCUT2D eigenvalue weighted by Crippen LogP contribution is 2.36. The molecule has 2 aromatic rings. The molecule has 1 aromatic carbocycles. The van der Waals surface area contributed by atoms with E-state index in [2.05, 4.69) is 16.6 Å². The van der Waals surface area contributed by atoms with Crippen molar-refractivity contribution in [1.29, 1.82) is 0 Å². The lowest BCUT2D eigenvalue weighted by molar-refractivity contribution is -0.121. The third-order valence-corrected chi connectivity index (χ3v) is 4.80. The molecule has 7 heteroatoms. The number of rotatable bonds is 6. The van der Waals surface area contributed by atoms with Crippen molar-refractivity contribution < 1.29 is 14.3 Å². The average molecular weight is 381 g/mol. The molecule has 0 aliphatic carbocycles. The zero-order valence-corrected chi connectivity index (χ0v) is 15.9. The Bertz CT molecular complexity index is 910. The van der Waals surface area contributed by atoms with Crippen molar-refractivity contribution in [3.63, 3.8) is 0 Å². The van der Waals surface area contributed by atoms with Crippen molar-refractivity contribution in [2.75, 3.05) is 20.8 Å². The van der Waals surface area contributed by atoms with Gasteiger partial charge in [-0.3, -0.25) is 14.7 Å². The standard InChI is InChI=1S/C20H19N3O3S/c1-4-10-23-19(24)18(27-20(23)22-15-6-5-9-21-13-15)12-14-11-16(25-2)7-8-17(14)26-3/h4-9,11-13H,1,10H2,2-3H3/b18-12-,22-20?. The van der Waals surface area contributed by atoms with Gasteiger partial charge in [-0.1, -0.05) is 6.08 Å². The van der Waals surface area contributed by atoms with Crippen LogP contribution in [0.4, 0.5) is 5.69 Å². The number of hydrogen-bond acceptors (Lipinski definition) is 6. The third kappa shape index (κ3) is 4.20. The minimum atomic E-state index is -0.132. The summed E-state index contributed by atoms with van der Waals surface area (Å²) in [5.74, 6) is 1.21. The molecule has 0 bridgehead atoms. The normalized spacial score (nSPS) is 16.8. The number of benzene rings is 1. The Morgan fingerprint density at radius 1 is 1.30 bits per heavy atom. The van der Waals surface area contributed by atoms with Crippen LogP contribution in [0.5, 0.6) is 11.5 Å². The predicted molar refractivity (Wildman–Crippen MR) is 108 cm³/mol. The summed E-state index contributed by atoms with van der Waals surface area (Å²) < 4.78 is 10.7. The Morgan fingerprint density at radius 2 is 2.15 bits per heavy atom. The van der Waals surface area contributed by atoms with Crippen LogP contribution in [-0.4, -0.2) is 41.7 Å². The number of thioether (sulfide) groups is 1. The quantitative estimate of drug-likeness (QED) is 0.561. The van der Waals surface area contributed by atoms with Crippen molar-refractivity contribution in [1.82, 2.24) is 9.88 Å². The maximum Gasteiger partial charge on any atom is 0.267 e. The summed E-state index contributed by atoms with van der Waals surface area (Å²) in [7, 11) is 3.19. The molecular formula is C20H19N3O3S. The molecule has 0 radical (unpaired) electrons. The Balaban J connectivity index is 2.00. The van der Waals surface area contributed by atoms with Gasteiger partial charge in [-0.2, -0.15) is 0 Å². The van der Waals surface area contributed by atoms with Crippen LogP contribution in [0.25, 0.3) is 6.08 Å². The number of ether oxygens (including phenoxy) is 2. The average Bonchev–Trinajstić information content (AvgIpc) is 2.98. The summed E-state index contributed by atoms with van der Waals surface area (Å²) in [4.78, 5) is 23.6. The van der Waals surface area contributed by atoms with E-state index in [1.54, 1.807) is 49.7 Å². The molecule has 0 atom stereocenters. The van der Waals surface area contributed by atoms with Crippen molar-refractivity contribution in [2.45, 2.75) is 0 Å². The molecular weight excluding hydrogens is 362 g/mol. The van der Waals surface area contributed by atoms with Gasteiger partial charge < -0.3 is 9.47 Å². The van der Waals surface area contributed by atoms with Gasteiger partial charge >= 0.3 is 0 Å². The SMILES string of the molecule is C=CCN1C(=O)/C(=C/c2cc(OC)ccc2OC)SC1=Nc1cccnc1. The van der Waals surface area contributed by atoms with Crippen LogP contribution in [0.1, 0.15) is 5.56 Å². The number of methoxy groups -OCH3 is 2. The molecule has 0 saturated carbocycles. The molecule has 1 aromatic heterocycles. The minimum absolute atomic E-state index is 0.132. The van der Waals surface area contributed by atoms with Crippen LogP contribution in [0.3, 0.4) is 0 Å². The van der Waals surface area contributed by atoms with Crippen molar-refractivity contribution in [2.24, 2.45) is 4.99 Å². The summed E-state index contributed by atoms with van der Waals surface area (Å²) in [6.07, 6.45) is 6.79. The molecule has 1 saturated heterocycles. The van der Waals surface area contributed by atoms with Crippen LogP contribution < -0.4 is 9.47 Å². The van der Waals surface area contributed by atoms with Gasteiger partial charge in [-0.25, -0.2) is 4.99 Å². The number of nitrogens with zero attached hydrogens (tertiary/aromatic N) is 3. The van der Waals surface area contributed by atoms with E-state index >= 15 is 0 Å². The van der Waals surface area contributed by atoms with E-state index in [1.165, 1.54) is 11.8 Å². The highest BCUT2D eigenvalue weighted by Gasteiger charge is 2.32. The Kier molecular flexibility index (Phi) is 5.93. The first kappa shape index (κ1) is 18.7. The summed E-state index contributed by atoms with van der Waals surface area (Å²) in [5, 5.41) is 0.584. The first-order chi connectivity index (χ1) is 13.2. The van der Waals surface area contributed by atoms with E-state index in [0.29, 0.717) is 33.8 Å². The lowest BCUT2D eigenvalue weighted by Gasteiger charge is -2.12. The summed E-state index contributed by atoms with van der Waals surface area (Å²) in [6.45, 7) is 4.11. The summed E-state index contributed by atoms with van der Waals surface area (Å²) in [6, 6.07) is 9.08. The fraction of sp³-hybridized carbons (Fsp3) is 0.150. The van der Waals surface area contributed by atoms with Gasteiger partial charge in [0.1, 0.15) is 11.5 Å². The fourth-order valence-corrected chi connectivity index (χ4v) is 3.50. The van der Waals surface area contributed by atoms with E-state index in [0.717, 1.165) is 5.56 Å². The molecule has 6 nitrogen and oxygen atoms in total. The molecule has 1 aliphatic rings. The molecule has 0 N–H and O–H groups in total. The van der Waals surface area contributed by atoms with E-state index < -0.39 is 0 Å². The maximum atomic E-state index is 12.9. The number of aliphatic imine (C=N–C) groups is 1. The molecule has 1 amide bonds. The van der Waals surface area contributed by atoms with Crippen LogP contribution in [0, 0.1) is 0 Å². The predicted octanol–water partition coefficient (Wildman–Crippen LogP) is 3.89. The second-order valence-corrected chi connectivity index (χ2v) is 6.54.